The molecule has 16 heavy (non-hydrogen) atoms. The minimum Gasteiger partial charge on any atom is -0.491 e. The molecule has 0 bridgehead atoms. The number of hydrogen-bond acceptors (Lipinski definition) is 3. The SMILES string of the molecule is CC(C)COc1cccc(OC(C)C)c1N. The minimum atomic E-state index is 0.114. The Morgan fingerprint density at radius 3 is 2.31 bits per heavy atom. The van der Waals surface area contributed by atoms with Crippen LogP contribution >= 0.6 is 0 Å². The van der Waals surface area contributed by atoms with E-state index >= 15 is 0 Å². The number of anilines is 1. The number of hydrogen-bond donors (Lipinski definition) is 1. The normalized spacial score (nSPS) is 10.9. The summed E-state index contributed by atoms with van der Waals surface area (Å²) in [4.78, 5) is 0. The number of rotatable bonds is 5. The standard InChI is InChI=1S/C13H21NO2/c1-9(2)8-15-11-6-5-7-12(13(11)14)16-10(3)4/h5-7,9-10H,8,14H2,1-4H3. The first-order valence-electron chi connectivity index (χ1n) is 5.68. The van der Waals surface area contributed by atoms with Gasteiger partial charge in [0, 0.05) is 0 Å². The molecule has 1 aromatic carbocycles. The lowest BCUT2D eigenvalue weighted by Gasteiger charge is -2.16. The molecule has 0 amide bonds. The van der Waals surface area contributed by atoms with Crippen molar-refractivity contribution in [3.8, 4) is 11.5 Å². The lowest BCUT2D eigenvalue weighted by molar-refractivity contribution is 0.239. The van der Waals surface area contributed by atoms with Crippen LogP contribution in [0.5, 0.6) is 11.5 Å². The predicted octanol–water partition coefficient (Wildman–Crippen LogP) is 3.09. The molecule has 3 nitrogen and oxygen atoms in total. The fourth-order valence-corrected chi connectivity index (χ4v) is 1.26. The Kier molecular flexibility index (Phi) is 4.47. The van der Waals surface area contributed by atoms with Gasteiger partial charge < -0.3 is 15.2 Å². The molecular weight excluding hydrogens is 202 g/mol. The van der Waals surface area contributed by atoms with Gasteiger partial charge in [-0.1, -0.05) is 19.9 Å². The van der Waals surface area contributed by atoms with E-state index in [2.05, 4.69) is 13.8 Å². The number of para-hydroxylation sites is 1. The molecule has 0 unspecified atom stereocenters. The summed E-state index contributed by atoms with van der Waals surface area (Å²) in [6, 6.07) is 5.62. The first-order chi connectivity index (χ1) is 7.50. The van der Waals surface area contributed by atoms with Gasteiger partial charge in [-0.15, -0.1) is 0 Å². The van der Waals surface area contributed by atoms with Crippen LogP contribution in [0, 0.1) is 5.92 Å². The van der Waals surface area contributed by atoms with Gasteiger partial charge in [-0.05, 0) is 31.9 Å². The molecule has 1 rings (SSSR count). The molecular formula is C13H21NO2. The summed E-state index contributed by atoms with van der Waals surface area (Å²) in [5.41, 5.74) is 6.55. The summed E-state index contributed by atoms with van der Waals surface area (Å²) < 4.78 is 11.2. The molecule has 3 heteroatoms. The smallest absolute Gasteiger partial charge is 0.146 e. The Morgan fingerprint density at radius 2 is 1.75 bits per heavy atom. The second-order valence-corrected chi connectivity index (χ2v) is 4.54. The Labute approximate surface area is 97.6 Å². The monoisotopic (exact) mass is 223 g/mol. The second-order valence-electron chi connectivity index (χ2n) is 4.54. The van der Waals surface area contributed by atoms with Crippen LogP contribution in [0.25, 0.3) is 0 Å². The van der Waals surface area contributed by atoms with Crippen molar-refractivity contribution in [3.63, 3.8) is 0 Å². The molecule has 0 radical (unpaired) electrons. The van der Waals surface area contributed by atoms with Crippen LogP contribution in [0.2, 0.25) is 0 Å². The average Bonchev–Trinajstić information content (AvgIpc) is 2.18. The maximum absolute atomic E-state index is 5.97. The van der Waals surface area contributed by atoms with Crippen molar-refractivity contribution < 1.29 is 9.47 Å². The molecule has 0 atom stereocenters. The van der Waals surface area contributed by atoms with Crippen LogP contribution < -0.4 is 15.2 Å². The van der Waals surface area contributed by atoms with E-state index in [4.69, 9.17) is 15.2 Å². The topological polar surface area (TPSA) is 44.5 Å². The zero-order valence-corrected chi connectivity index (χ0v) is 10.5. The van der Waals surface area contributed by atoms with E-state index in [-0.39, 0.29) is 6.10 Å². The molecule has 0 aliphatic heterocycles. The van der Waals surface area contributed by atoms with Gasteiger partial charge in [-0.2, -0.15) is 0 Å². The van der Waals surface area contributed by atoms with Crippen LogP contribution in [-0.4, -0.2) is 12.7 Å². The maximum atomic E-state index is 5.97. The predicted molar refractivity (Wildman–Crippen MR) is 67.0 cm³/mol. The van der Waals surface area contributed by atoms with Crippen molar-refractivity contribution in [1.82, 2.24) is 0 Å². The van der Waals surface area contributed by atoms with Crippen LogP contribution in [0.15, 0.2) is 18.2 Å². The number of nitrogen functional groups attached to an aromatic ring is 1. The average molecular weight is 223 g/mol. The minimum absolute atomic E-state index is 0.114. The van der Waals surface area contributed by atoms with E-state index < -0.39 is 0 Å². The van der Waals surface area contributed by atoms with Crippen LogP contribution in [0.3, 0.4) is 0 Å². The van der Waals surface area contributed by atoms with Crippen LogP contribution in [-0.2, 0) is 0 Å². The van der Waals surface area contributed by atoms with Gasteiger partial charge in [0.05, 0.1) is 12.7 Å². The van der Waals surface area contributed by atoms with E-state index in [1.807, 2.05) is 32.0 Å². The van der Waals surface area contributed by atoms with Crippen molar-refractivity contribution in [3.05, 3.63) is 18.2 Å². The first kappa shape index (κ1) is 12.7. The molecule has 0 aliphatic rings. The zero-order valence-electron chi connectivity index (χ0n) is 10.5. The van der Waals surface area contributed by atoms with Crippen LogP contribution in [0.4, 0.5) is 5.69 Å². The summed E-state index contributed by atoms with van der Waals surface area (Å²) in [5, 5.41) is 0. The molecule has 0 spiro atoms. The van der Waals surface area contributed by atoms with Gasteiger partial charge in [0.15, 0.2) is 0 Å². The van der Waals surface area contributed by atoms with E-state index in [0.29, 0.717) is 29.7 Å². The fourth-order valence-electron chi connectivity index (χ4n) is 1.26. The first-order valence-corrected chi connectivity index (χ1v) is 5.68. The Bertz CT molecular complexity index is 335. The third kappa shape index (κ3) is 3.65. The molecule has 90 valence electrons. The van der Waals surface area contributed by atoms with Crippen molar-refractivity contribution in [2.24, 2.45) is 5.92 Å². The highest BCUT2D eigenvalue weighted by Gasteiger charge is 2.08. The van der Waals surface area contributed by atoms with Gasteiger partial charge in [0.2, 0.25) is 0 Å². The molecule has 1 aromatic rings. The zero-order chi connectivity index (χ0) is 12.1. The molecule has 2 N–H and O–H groups in total. The number of ether oxygens (including phenoxy) is 2. The van der Waals surface area contributed by atoms with Crippen LogP contribution in [0.1, 0.15) is 27.7 Å². The number of benzene rings is 1. The lowest BCUT2D eigenvalue weighted by Crippen LogP contribution is -2.10. The molecule has 0 saturated heterocycles. The third-order valence-corrected chi connectivity index (χ3v) is 1.96. The lowest BCUT2D eigenvalue weighted by atomic mass is 10.2. The molecule has 0 aliphatic carbocycles. The summed E-state index contributed by atoms with van der Waals surface area (Å²) in [6.07, 6.45) is 0.114. The molecule has 0 heterocycles. The third-order valence-electron chi connectivity index (χ3n) is 1.96. The largest absolute Gasteiger partial charge is 0.491 e. The summed E-state index contributed by atoms with van der Waals surface area (Å²) >= 11 is 0. The Morgan fingerprint density at radius 1 is 1.12 bits per heavy atom. The quantitative estimate of drug-likeness (QED) is 0.780. The van der Waals surface area contributed by atoms with E-state index in [9.17, 15) is 0 Å². The highest BCUT2D eigenvalue weighted by molar-refractivity contribution is 5.62. The van der Waals surface area contributed by atoms with Crippen molar-refractivity contribution in [1.29, 1.82) is 0 Å². The summed E-state index contributed by atoms with van der Waals surface area (Å²) in [5.74, 6) is 1.87. The highest BCUT2D eigenvalue weighted by Crippen LogP contribution is 2.32. The Balaban J connectivity index is 2.78. The van der Waals surface area contributed by atoms with Crippen molar-refractivity contribution in [2.45, 2.75) is 33.8 Å². The maximum Gasteiger partial charge on any atom is 0.146 e. The highest BCUT2D eigenvalue weighted by atomic mass is 16.5. The van der Waals surface area contributed by atoms with Gasteiger partial charge in [0.25, 0.3) is 0 Å². The number of nitrogens with two attached hydrogens (primary N) is 1. The van der Waals surface area contributed by atoms with E-state index in [0.717, 1.165) is 0 Å². The molecule has 0 aromatic heterocycles. The summed E-state index contributed by atoms with van der Waals surface area (Å²) in [6.45, 7) is 8.81. The van der Waals surface area contributed by atoms with Gasteiger partial charge in [0.1, 0.15) is 17.2 Å². The van der Waals surface area contributed by atoms with E-state index in [1.165, 1.54) is 0 Å². The van der Waals surface area contributed by atoms with Gasteiger partial charge >= 0.3 is 0 Å². The van der Waals surface area contributed by atoms with Gasteiger partial charge in [-0.3, -0.25) is 0 Å². The van der Waals surface area contributed by atoms with E-state index in [1.54, 1.807) is 0 Å². The fraction of sp³-hybridized carbons (Fsp3) is 0.538. The molecule has 0 saturated carbocycles. The van der Waals surface area contributed by atoms with Gasteiger partial charge in [-0.25, -0.2) is 0 Å². The Hall–Kier alpha value is -1.38. The second kappa shape index (κ2) is 5.64. The summed E-state index contributed by atoms with van der Waals surface area (Å²) in [7, 11) is 0. The van der Waals surface area contributed by atoms with Crippen molar-refractivity contribution in [2.75, 3.05) is 12.3 Å². The van der Waals surface area contributed by atoms with Crippen molar-refractivity contribution >= 4 is 5.69 Å². The molecule has 0 fully saturated rings.